The number of rotatable bonds is 8. The summed E-state index contributed by atoms with van der Waals surface area (Å²) in [6.45, 7) is 7.05. The molecule has 0 saturated carbocycles. The first kappa shape index (κ1) is 16.6. The van der Waals surface area contributed by atoms with E-state index in [0.29, 0.717) is 26.2 Å². The number of hydrogen-bond donors (Lipinski definition) is 1. The molecule has 0 aliphatic carbocycles. The molecule has 0 bridgehead atoms. The molecule has 2 amide bonds. The topological polar surface area (TPSA) is 58.6 Å². The zero-order valence-electron chi connectivity index (χ0n) is 11.7. The van der Waals surface area contributed by atoms with Crippen LogP contribution in [0, 0.1) is 0 Å². The van der Waals surface area contributed by atoms with Crippen LogP contribution in [0.5, 0.6) is 0 Å². The Kier molecular flexibility index (Phi) is 8.92. The molecule has 0 unspecified atom stereocenters. The van der Waals surface area contributed by atoms with Gasteiger partial charge in [-0.2, -0.15) is 0 Å². The standard InChI is InChI=1S/C13H24N2O3/c1-5-15(4)13(17)12(14-11(3)16)9-7-8-10-18-6-2/h7-8,12H,5-6,9-10H2,1-4H3,(H,14,16)/b8-7+/t12-/m0/s1. The van der Waals surface area contributed by atoms with E-state index in [9.17, 15) is 9.59 Å². The summed E-state index contributed by atoms with van der Waals surface area (Å²) in [6.07, 6.45) is 4.20. The summed E-state index contributed by atoms with van der Waals surface area (Å²) in [4.78, 5) is 24.6. The van der Waals surface area contributed by atoms with Crippen LogP contribution in [0.1, 0.15) is 27.2 Å². The smallest absolute Gasteiger partial charge is 0.245 e. The van der Waals surface area contributed by atoms with Gasteiger partial charge in [-0.15, -0.1) is 0 Å². The fourth-order valence-corrected chi connectivity index (χ4v) is 1.37. The van der Waals surface area contributed by atoms with Crippen LogP contribution < -0.4 is 5.32 Å². The molecule has 1 N–H and O–H groups in total. The van der Waals surface area contributed by atoms with E-state index in [1.54, 1.807) is 11.9 Å². The minimum atomic E-state index is -0.495. The molecule has 0 aliphatic rings. The Hall–Kier alpha value is -1.36. The Labute approximate surface area is 109 Å². The van der Waals surface area contributed by atoms with Gasteiger partial charge in [0, 0.05) is 27.1 Å². The lowest BCUT2D eigenvalue weighted by Crippen LogP contribution is -2.46. The molecule has 5 nitrogen and oxygen atoms in total. The third kappa shape index (κ3) is 7.06. The van der Waals surface area contributed by atoms with E-state index in [4.69, 9.17) is 4.74 Å². The summed E-state index contributed by atoms with van der Waals surface area (Å²) >= 11 is 0. The fraction of sp³-hybridized carbons (Fsp3) is 0.692. The maximum Gasteiger partial charge on any atom is 0.245 e. The Bertz CT molecular complexity index is 290. The van der Waals surface area contributed by atoms with Gasteiger partial charge in [-0.1, -0.05) is 12.2 Å². The predicted octanol–water partition coefficient (Wildman–Crippen LogP) is 0.952. The van der Waals surface area contributed by atoms with Crippen molar-refractivity contribution in [2.24, 2.45) is 0 Å². The first-order valence-electron chi connectivity index (χ1n) is 6.27. The van der Waals surface area contributed by atoms with Crippen molar-refractivity contribution in [3.05, 3.63) is 12.2 Å². The third-order valence-corrected chi connectivity index (χ3v) is 2.48. The van der Waals surface area contributed by atoms with E-state index in [1.807, 2.05) is 26.0 Å². The average molecular weight is 256 g/mol. The van der Waals surface area contributed by atoms with Crippen LogP contribution in [0.3, 0.4) is 0 Å². The van der Waals surface area contributed by atoms with Crippen LogP contribution in [0.4, 0.5) is 0 Å². The van der Waals surface area contributed by atoms with Crippen molar-refractivity contribution in [1.82, 2.24) is 10.2 Å². The monoisotopic (exact) mass is 256 g/mol. The lowest BCUT2D eigenvalue weighted by Gasteiger charge is -2.22. The second-order valence-corrected chi connectivity index (χ2v) is 3.97. The summed E-state index contributed by atoms with van der Waals surface area (Å²) in [5, 5.41) is 2.66. The summed E-state index contributed by atoms with van der Waals surface area (Å²) in [5.74, 6) is -0.273. The van der Waals surface area contributed by atoms with E-state index >= 15 is 0 Å². The molecule has 18 heavy (non-hydrogen) atoms. The summed E-state index contributed by atoms with van der Waals surface area (Å²) in [6, 6.07) is -0.495. The lowest BCUT2D eigenvalue weighted by atomic mass is 10.1. The molecule has 0 fully saturated rings. The highest BCUT2D eigenvalue weighted by Crippen LogP contribution is 2.00. The molecule has 1 atom stereocenters. The first-order chi connectivity index (χ1) is 8.52. The number of ether oxygens (including phenoxy) is 1. The summed E-state index contributed by atoms with van der Waals surface area (Å²) in [5.41, 5.74) is 0. The number of carbonyl (C=O) groups is 2. The van der Waals surface area contributed by atoms with Crippen molar-refractivity contribution < 1.29 is 14.3 Å². The second kappa shape index (κ2) is 9.65. The van der Waals surface area contributed by atoms with Crippen molar-refractivity contribution in [3.63, 3.8) is 0 Å². The molecule has 0 aliphatic heterocycles. The molecular weight excluding hydrogens is 232 g/mol. The fourth-order valence-electron chi connectivity index (χ4n) is 1.37. The number of nitrogens with one attached hydrogen (secondary N) is 1. The van der Waals surface area contributed by atoms with E-state index in [2.05, 4.69) is 5.32 Å². The third-order valence-electron chi connectivity index (χ3n) is 2.48. The highest BCUT2D eigenvalue weighted by atomic mass is 16.5. The maximum atomic E-state index is 12.0. The molecule has 0 aromatic rings. The highest BCUT2D eigenvalue weighted by Gasteiger charge is 2.20. The van der Waals surface area contributed by atoms with Crippen LogP contribution in [-0.2, 0) is 14.3 Å². The molecule has 5 heteroatoms. The zero-order valence-corrected chi connectivity index (χ0v) is 11.7. The summed E-state index contributed by atoms with van der Waals surface area (Å²) in [7, 11) is 1.72. The second-order valence-electron chi connectivity index (χ2n) is 3.97. The molecular formula is C13H24N2O3. The van der Waals surface area contributed by atoms with Gasteiger partial charge in [-0.3, -0.25) is 9.59 Å². The number of hydrogen-bond acceptors (Lipinski definition) is 3. The molecule has 0 saturated heterocycles. The first-order valence-corrected chi connectivity index (χ1v) is 6.27. The van der Waals surface area contributed by atoms with Crippen LogP contribution in [0.25, 0.3) is 0 Å². The number of likely N-dealkylation sites (N-methyl/N-ethyl adjacent to an activating group) is 1. The van der Waals surface area contributed by atoms with Gasteiger partial charge in [0.05, 0.1) is 6.61 Å². The van der Waals surface area contributed by atoms with Gasteiger partial charge in [-0.05, 0) is 20.3 Å². The minimum Gasteiger partial charge on any atom is -0.378 e. The minimum absolute atomic E-state index is 0.0752. The van der Waals surface area contributed by atoms with Gasteiger partial charge in [0.1, 0.15) is 6.04 Å². The van der Waals surface area contributed by atoms with E-state index < -0.39 is 6.04 Å². The number of carbonyl (C=O) groups excluding carboxylic acids is 2. The molecule has 0 heterocycles. The van der Waals surface area contributed by atoms with Crippen molar-refractivity contribution in [1.29, 1.82) is 0 Å². The van der Waals surface area contributed by atoms with Crippen molar-refractivity contribution in [2.75, 3.05) is 26.8 Å². The summed E-state index contributed by atoms with van der Waals surface area (Å²) < 4.78 is 5.16. The van der Waals surface area contributed by atoms with Gasteiger partial charge in [0.2, 0.25) is 11.8 Å². The Morgan fingerprint density at radius 1 is 1.33 bits per heavy atom. The quantitative estimate of drug-likeness (QED) is 0.519. The highest BCUT2D eigenvalue weighted by molar-refractivity contribution is 5.86. The van der Waals surface area contributed by atoms with Crippen LogP contribution in [0.2, 0.25) is 0 Å². The molecule has 104 valence electrons. The van der Waals surface area contributed by atoms with Crippen LogP contribution >= 0.6 is 0 Å². The molecule has 0 spiro atoms. The number of nitrogens with zero attached hydrogens (tertiary/aromatic N) is 1. The van der Waals surface area contributed by atoms with Crippen LogP contribution in [-0.4, -0.2) is 49.6 Å². The normalized spacial score (nSPS) is 12.4. The van der Waals surface area contributed by atoms with Gasteiger partial charge in [0.15, 0.2) is 0 Å². The molecule has 0 radical (unpaired) electrons. The van der Waals surface area contributed by atoms with Crippen LogP contribution in [0.15, 0.2) is 12.2 Å². The Morgan fingerprint density at radius 2 is 2.00 bits per heavy atom. The van der Waals surface area contributed by atoms with Gasteiger partial charge >= 0.3 is 0 Å². The molecule has 0 rings (SSSR count). The Balaban J connectivity index is 4.35. The lowest BCUT2D eigenvalue weighted by molar-refractivity contribution is -0.134. The van der Waals surface area contributed by atoms with E-state index in [0.717, 1.165) is 0 Å². The van der Waals surface area contributed by atoms with Gasteiger partial charge in [-0.25, -0.2) is 0 Å². The molecule has 0 aromatic heterocycles. The predicted molar refractivity (Wildman–Crippen MR) is 71.2 cm³/mol. The average Bonchev–Trinajstić information content (AvgIpc) is 2.34. The van der Waals surface area contributed by atoms with Crippen molar-refractivity contribution >= 4 is 11.8 Å². The van der Waals surface area contributed by atoms with Gasteiger partial charge < -0.3 is 15.0 Å². The van der Waals surface area contributed by atoms with E-state index in [-0.39, 0.29) is 11.8 Å². The van der Waals surface area contributed by atoms with Crippen molar-refractivity contribution in [3.8, 4) is 0 Å². The van der Waals surface area contributed by atoms with Crippen molar-refractivity contribution in [2.45, 2.75) is 33.2 Å². The molecule has 0 aromatic carbocycles. The van der Waals surface area contributed by atoms with Gasteiger partial charge in [0.25, 0.3) is 0 Å². The Morgan fingerprint density at radius 3 is 2.50 bits per heavy atom. The maximum absolute atomic E-state index is 12.0. The largest absolute Gasteiger partial charge is 0.378 e. The van der Waals surface area contributed by atoms with E-state index in [1.165, 1.54) is 6.92 Å². The SMILES string of the molecule is CCOC/C=C/C[C@H](NC(C)=O)C(=O)N(C)CC. The zero-order chi connectivity index (χ0) is 14.0. The number of amides is 2.